The summed E-state index contributed by atoms with van der Waals surface area (Å²) < 4.78 is 26.9. The number of carbonyl (C=O) groups excluding carboxylic acids is 2. The van der Waals surface area contributed by atoms with E-state index < -0.39 is 26.5 Å². The highest BCUT2D eigenvalue weighted by molar-refractivity contribution is 7.47. The molecular weight excluding hydrogens is 725 g/mol. The molecule has 0 aliphatic carbocycles. The first-order valence-corrected chi connectivity index (χ1v) is 24.8. The molecule has 0 aliphatic rings. The van der Waals surface area contributed by atoms with E-state index in [0.29, 0.717) is 6.42 Å². The highest BCUT2D eigenvalue weighted by Gasteiger charge is 2.23. The van der Waals surface area contributed by atoms with E-state index in [1.54, 1.807) is 0 Å². The second-order valence-electron chi connectivity index (χ2n) is 15.7. The fraction of sp³-hybridized carbons (Fsp3) is 0.870. The Morgan fingerprint density at radius 3 is 1.46 bits per heavy atom. The van der Waals surface area contributed by atoms with Gasteiger partial charge >= 0.3 is 13.8 Å². The minimum atomic E-state index is -4.41. The lowest BCUT2D eigenvalue weighted by atomic mass is 10.0. The molecule has 1 amide bonds. The number of esters is 1. The largest absolute Gasteiger partial charge is 0.472 e. The summed E-state index contributed by atoms with van der Waals surface area (Å²) in [5, 5.41) is 12.7. The normalized spacial score (nSPS) is 13.4. The van der Waals surface area contributed by atoms with Gasteiger partial charge in [-0.1, -0.05) is 192 Å². The number of unbranched alkanes of at least 4 members (excludes halogenated alkanes) is 27. The van der Waals surface area contributed by atoms with Gasteiger partial charge in [0.25, 0.3) is 0 Å². The van der Waals surface area contributed by atoms with Gasteiger partial charge in [-0.2, -0.15) is 0 Å². The molecule has 3 N–H and O–H groups in total. The predicted molar refractivity (Wildman–Crippen MR) is 234 cm³/mol. The third-order valence-corrected chi connectivity index (χ3v) is 11.1. The molecule has 2 atom stereocenters. The number of hydrogen-bond acceptors (Lipinski definition) is 7. The van der Waals surface area contributed by atoms with Gasteiger partial charge in [-0.15, -0.1) is 0 Å². The molecule has 0 radical (unpaired) electrons. The predicted octanol–water partition coefficient (Wildman–Crippen LogP) is 13.2. The number of hydrogen-bond donors (Lipinski definition) is 3. The number of ether oxygens (including phenoxy) is 1. The lowest BCUT2D eigenvalue weighted by Gasteiger charge is -2.15. The second kappa shape index (κ2) is 43.1. The monoisotopic (exact) mass is 814 g/mol. The van der Waals surface area contributed by atoms with E-state index >= 15 is 0 Å². The van der Waals surface area contributed by atoms with E-state index in [2.05, 4.69) is 43.5 Å². The fourth-order valence-corrected chi connectivity index (χ4v) is 7.35. The van der Waals surface area contributed by atoms with Crippen LogP contribution in [0.4, 0.5) is 0 Å². The van der Waals surface area contributed by atoms with Crippen LogP contribution >= 0.6 is 7.82 Å². The topological polar surface area (TPSA) is 131 Å². The molecule has 9 nitrogen and oxygen atoms in total. The Bertz CT molecular complexity index is 975. The maximum Gasteiger partial charge on any atom is 0.472 e. The van der Waals surface area contributed by atoms with Gasteiger partial charge in [-0.3, -0.25) is 18.6 Å². The Kier molecular flexibility index (Phi) is 41.9. The van der Waals surface area contributed by atoms with Crippen molar-refractivity contribution in [3.8, 4) is 0 Å². The van der Waals surface area contributed by atoms with Crippen molar-refractivity contribution in [2.45, 2.75) is 232 Å². The van der Waals surface area contributed by atoms with Crippen molar-refractivity contribution in [3.05, 3.63) is 24.3 Å². The van der Waals surface area contributed by atoms with Gasteiger partial charge in [0.05, 0.1) is 13.2 Å². The first-order valence-electron chi connectivity index (χ1n) is 23.3. The average Bonchev–Trinajstić information content (AvgIpc) is 3.18. The van der Waals surface area contributed by atoms with Crippen molar-refractivity contribution in [1.82, 2.24) is 5.32 Å². The minimum absolute atomic E-state index is 0.0831. The molecule has 0 aliphatic heterocycles. The zero-order chi connectivity index (χ0) is 41.1. The summed E-state index contributed by atoms with van der Waals surface area (Å²) in [6.07, 6.45) is 46.8. The van der Waals surface area contributed by atoms with Gasteiger partial charge in [0.15, 0.2) is 0 Å². The van der Waals surface area contributed by atoms with Crippen molar-refractivity contribution in [1.29, 1.82) is 0 Å². The summed E-state index contributed by atoms with van der Waals surface area (Å²) in [4.78, 5) is 33.9. The van der Waals surface area contributed by atoms with Crippen LogP contribution in [-0.2, 0) is 27.9 Å². The van der Waals surface area contributed by atoms with Gasteiger partial charge in [0, 0.05) is 19.4 Å². The van der Waals surface area contributed by atoms with Crippen LogP contribution in [0.3, 0.4) is 0 Å². The third-order valence-electron chi connectivity index (χ3n) is 10.1. The molecule has 0 aromatic rings. The van der Waals surface area contributed by atoms with Crippen molar-refractivity contribution >= 4 is 19.7 Å². The third kappa shape index (κ3) is 43.6. The molecule has 0 heterocycles. The fourth-order valence-electron chi connectivity index (χ4n) is 6.59. The number of nitrogens with one attached hydrogen (secondary N) is 1. The molecular formula is C46H88NO8P. The maximum atomic E-state index is 12.1. The standard InChI is InChI=1S/C46H88NO8P/c1-3-5-7-9-11-13-15-17-19-20-21-22-23-24-25-26-28-30-32-34-36-38-45(49)47-40-41-54-56(51,52)55-43-44(48)42-53-46(50)39-37-35-33-31-29-27-18-16-14-12-10-8-6-4-2/h11,13,17,19,44,48H,3-10,12,14-16,18,20-43H2,1-2H3,(H,47,49)(H,51,52)/b13-11-,19-17-. The molecule has 0 bridgehead atoms. The number of phosphoric acid groups is 1. The van der Waals surface area contributed by atoms with Crippen molar-refractivity contribution < 1.29 is 37.9 Å². The van der Waals surface area contributed by atoms with Gasteiger partial charge in [0.1, 0.15) is 12.7 Å². The molecule has 0 saturated heterocycles. The Balaban J connectivity index is 3.55. The van der Waals surface area contributed by atoms with E-state index in [9.17, 15) is 24.2 Å². The highest BCUT2D eigenvalue weighted by atomic mass is 31.2. The number of aliphatic hydroxyl groups excluding tert-OH is 1. The van der Waals surface area contributed by atoms with Gasteiger partial charge in [-0.05, 0) is 44.9 Å². The lowest BCUT2D eigenvalue weighted by molar-refractivity contribution is -0.147. The molecule has 0 spiro atoms. The Labute approximate surface area is 344 Å². The molecule has 10 heteroatoms. The van der Waals surface area contributed by atoms with E-state index in [1.807, 2.05) is 0 Å². The molecule has 0 aromatic carbocycles. The lowest BCUT2D eigenvalue weighted by Crippen LogP contribution is -2.27. The number of amides is 1. The van der Waals surface area contributed by atoms with E-state index in [0.717, 1.165) is 44.9 Å². The molecule has 0 rings (SSSR count). The number of rotatable bonds is 44. The van der Waals surface area contributed by atoms with Gasteiger partial charge < -0.3 is 20.1 Å². The Hall–Kier alpha value is -1.51. The number of aliphatic hydroxyl groups is 1. The Morgan fingerprint density at radius 2 is 0.964 bits per heavy atom. The first kappa shape index (κ1) is 54.5. The van der Waals surface area contributed by atoms with Crippen LogP contribution in [-0.4, -0.2) is 54.3 Å². The summed E-state index contributed by atoms with van der Waals surface area (Å²) in [7, 11) is -4.41. The quantitative estimate of drug-likeness (QED) is 0.0240. The molecule has 330 valence electrons. The van der Waals surface area contributed by atoms with Crippen LogP contribution in [0.5, 0.6) is 0 Å². The van der Waals surface area contributed by atoms with Gasteiger partial charge in [-0.25, -0.2) is 4.57 Å². The second-order valence-corrected chi connectivity index (χ2v) is 17.2. The van der Waals surface area contributed by atoms with Crippen molar-refractivity contribution in [2.75, 3.05) is 26.4 Å². The van der Waals surface area contributed by atoms with Crippen LogP contribution in [0.2, 0.25) is 0 Å². The van der Waals surface area contributed by atoms with Crippen molar-refractivity contribution in [3.63, 3.8) is 0 Å². The van der Waals surface area contributed by atoms with Crippen LogP contribution in [0.25, 0.3) is 0 Å². The summed E-state index contributed by atoms with van der Waals surface area (Å²) in [5.41, 5.74) is 0. The van der Waals surface area contributed by atoms with Crippen LogP contribution in [0.15, 0.2) is 24.3 Å². The van der Waals surface area contributed by atoms with Crippen LogP contribution in [0.1, 0.15) is 226 Å². The number of carbonyl (C=O) groups is 2. The highest BCUT2D eigenvalue weighted by Crippen LogP contribution is 2.42. The minimum Gasteiger partial charge on any atom is -0.463 e. The zero-order valence-corrected chi connectivity index (χ0v) is 37.2. The smallest absolute Gasteiger partial charge is 0.463 e. The SMILES string of the molecule is CCCCC/C=C\C/C=C\CCCCCCCCCCCCCC(=O)NCCOP(=O)(O)OCC(O)COC(=O)CCCCCCCCCCCCCCCC. The first-order chi connectivity index (χ1) is 27.3. The van der Waals surface area contributed by atoms with Crippen LogP contribution in [0, 0.1) is 0 Å². The van der Waals surface area contributed by atoms with E-state index in [4.69, 9.17) is 13.8 Å². The maximum absolute atomic E-state index is 12.1. The summed E-state index contributed by atoms with van der Waals surface area (Å²) >= 11 is 0. The summed E-state index contributed by atoms with van der Waals surface area (Å²) in [6, 6.07) is 0. The van der Waals surface area contributed by atoms with E-state index in [-0.39, 0.29) is 32.1 Å². The molecule has 56 heavy (non-hydrogen) atoms. The summed E-state index contributed by atoms with van der Waals surface area (Å²) in [5.74, 6) is -0.510. The average molecular weight is 814 g/mol. The summed E-state index contributed by atoms with van der Waals surface area (Å²) in [6.45, 7) is 3.55. The van der Waals surface area contributed by atoms with Crippen molar-refractivity contribution in [2.24, 2.45) is 0 Å². The van der Waals surface area contributed by atoms with E-state index in [1.165, 1.54) is 154 Å². The molecule has 0 aromatic heterocycles. The Morgan fingerprint density at radius 1 is 0.554 bits per heavy atom. The number of allylic oxidation sites excluding steroid dienone is 4. The van der Waals surface area contributed by atoms with Crippen LogP contribution < -0.4 is 5.32 Å². The zero-order valence-electron chi connectivity index (χ0n) is 36.3. The number of phosphoric ester groups is 1. The molecule has 0 fully saturated rings. The molecule has 0 saturated carbocycles. The molecule has 2 unspecified atom stereocenters. The van der Waals surface area contributed by atoms with Gasteiger partial charge in [0.2, 0.25) is 5.91 Å².